The maximum atomic E-state index is 12.3. The Morgan fingerprint density at radius 3 is 2.58 bits per heavy atom. The first-order chi connectivity index (χ1) is 8.61. The lowest BCUT2D eigenvalue weighted by molar-refractivity contribution is -0.137. The number of aliphatic hydroxyl groups excluding tert-OH is 1. The monoisotopic (exact) mass is 291 g/mol. The second kappa shape index (κ2) is 5.27. The number of carboxylic acids is 1. The van der Waals surface area contributed by atoms with Gasteiger partial charge >= 0.3 is 5.97 Å². The highest BCUT2D eigenvalue weighted by Crippen LogP contribution is 2.21. The molecule has 19 heavy (non-hydrogen) atoms. The van der Waals surface area contributed by atoms with Gasteiger partial charge < -0.3 is 10.2 Å². The van der Waals surface area contributed by atoms with Gasteiger partial charge in [-0.25, -0.2) is 8.42 Å². The number of aliphatic hydroxyl groups is 1. The molecule has 0 aromatic carbocycles. The number of sulfonamides is 1. The molecule has 1 heterocycles. The molecule has 108 valence electrons. The summed E-state index contributed by atoms with van der Waals surface area (Å²) in [5.74, 6) is -1.11. The van der Waals surface area contributed by atoms with E-state index in [4.69, 9.17) is 5.11 Å². The fraction of sp³-hybridized carbons (Fsp3) is 0.600. The van der Waals surface area contributed by atoms with E-state index < -0.39 is 28.1 Å². The summed E-state index contributed by atoms with van der Waals surface area (Å²) in [6.07, 6.45) is 2.23. The molecule has 1 aromatic rings. The molecule has 1 aromatic heterocycles. The van der Waals surface area contributed by atoms with Crippen LogP contribution in [0.15, 0.2) is 17.3 Å². The Hall–Kier alpha value is -1.45. The fourth-order valence-electron chi connectivity index (χ4n) is 1.29. The van der Waals surface area contributed by atoms with Crippen LogP contribution in [0.4, 0.5) is 0 Å². The molecule has 2 N–H and O–H groups in total. The SMILES string of the molecule is CN(C(C)(C)CO)S(=O)(=O)c1cnn(CC(=O)O)c1. The Kier molecular flexibility index (Phi) is 4.33. The van der Waals surface area contributed by atoms with Crippen molar-refractivity contribution >= 4 is 16.0 Å². The summed E-state index contributed by atoms with van der Waals surface area (Å²) >= 11 is 0. The maximum absolute atomic E-state index is 12.3. The number of hydrogen-bond donors (Lipinski definition) is 2. The molecule has 0 fully saturated rings. The number of carboxylic acid groups (broad SMARTS) is 1. The van der Waals surface area contributed by atoms with E-state index in [0.29, 0.717) is 0 Å². The van der Waals surface area contributed by atoms with Crippen LogP contribution < -0.4 is 0 Å². The molecule has 0 spiro atoms. The number of hydrogen-bond acceptors (Lipinski definition) is 5. The van der Waals surface area contributed by atoms with Gasteiger partial charge in [0, 0.05) is 13.2 Å². The van der Waals surface area contributed by atoms with Crippen LogP contribution in [0.1, 0.15) is 13.8 Å². The first kappa shape index (κ1) is 15.6. The third kappa shape index (κ3) is 3.31. The zero-order chi connectivity index (χ0) is 14.8. The number of likely N-dealkylation sites (N-methyl/N-ethyl adjacent to an activating group) is 1. The number of aliphatic carboxylic acids is 1. The average Bonchev–Trinajstić information content (AvgIpc) is 2.76. The minimum Gasteiger partial charge on any atom is -0.480 e. The molecule has 0 aliphatic heterocycles. The Balaban J connectivity index is 3.07. The van der Waals surface area contributed by atoms with E-state index in [2.05, 4.69) is 5.10 Å². The molecule has 8 nitrogen and oxygen atoms in total. The van der Waals surface area contributed by atoms with Crippen LogP contribution in [0.3, 0.4) is 0 Å². The van der Waals surface area contributed by atoms with Crippen LogP contribution in [0.5, 0.6) is 0 Å². The number of rotatable bonds is 6. The summed E-state index contributed by atoms with van der Waals surface area (Å²) in [7, 11) is -2.48. The molecule has 0 amide bonds. The molecule has 0 saturated heterocycles. The van der Waals surface area contributed by atoms with Crippen molar-refractivity contribution in [1.82, 2.24) is 14.1 Å². The minimum absolute atomic E-state index is 0.113. The van der Waals surface area contributed by atoms with Crippen molar-refractivity contribution in [3.63, 3.8) is 0 Å². The van der Waals surface area contributed by atoms with Crippen LogP contribution in [0.2, 0.25) is 0 Å². The lowest BCUT2D eigenvalue weighted by Gasteiger charge is -2.32. The summed E-state index contributed by atoms with van der Waals surface area (Å²) in [5, 5.41) is 21.5. The predicted molar refractivity (Wildman–Crippen MR) is 66.0 cm³/mol. The van der Waals surface area contributed by atoms with Crippen molar-refractivity contribution in [3.8, 4) is 0 Å². The van der Waals surface area contributed by atoms with Gasteiger partial charge in [0.2, 0.25) is 10.0 Å². The van der Waals surface area contributed by atoms with Crippen LogP contribution in [0, 0.1) is 0 Å². The first-order valence-corrected chi connectivity index (χ1v) is 6.89. The Bertz CT molecular complexity index is 563. The molecule has 9 heteroatoms. The summed E-state index contributed by atoms with van der Waals surface area (Å²) in [5.41, 5.74) is -0.965. The molecule has 0 radical (unpaired) electrons. The first-order valence-electron chi connectivity index (χ1n) is 5.45. The zero-order valence-corrected chi connectivity index (χ0v) is 11.8. The van der Waals surface area contributed by atoms with E-state index in [1.54, 1.807) is 13.8 Å². The quantitative estimate of drug-likeness (QED) is 0.721. The van der Waals surface area contributed by atoms with Crippen LogP contribution >= 0.6 is 0 Å². The summed E-state index contributed by atoms with van der Waals surface area (Å²) in [6, 6.07) is 0. The van der Waals surface area contributed by atoms with Crippen LogP contribution in [0.25, 0.3) is 0 Å². The highest BCUT2D eigenvalue weighted by Gasteiger charge is 2.34. The van der Waals surface area contributed by atoms with Crippen molar-refractivity contribution < 1.29 is 23.4 Å². The summed E-state index contributed by atoms with van der Waals surface area (Å²) < 4.78 is 26.6. The third-order valence-corrected chi connectivity index (χ3v) is 4.83. The minimum atomic E-state index is -3.83. The van der Waals surface area contributed by atoms with Crippen molar-refractivity contribution in [2.75, 3.05) is 13.7 Å². The molecule has 0 bridgehead atoms. The molecule has 0 atom stereocenters. The highest BCUT2D eigenvalue weighted by atomic mass is 32.2. The topological polar surface area (TPSA) is 113 Å². The van der Waals surface area contributed by atoms with Gasteiger partial charge in [-0.1, -0.05) is 0 Å². The molecule has 0 aliphatic carbocycles. The van der Waals surface area contributed by atoms with Gasteiger partial charge in [0.05, 0.1) is 18.3 Å². The summed E-state index contributed by atoms with van der Waals surface area (Å²) in [6.45, 7) is 2.40. The Morgan fingerprint density at radius 2 is 2.11 bits per heavy atom. The third-order valence-electron chi connectivity index (χ3n) is 2.80. The fourth-order valence-corrected chi connectivity index (χ4v) is 2.75. The van der Waals surface area contributed by atoms with E-state index in [0.717, 1.165) is 21.4 Å². The standard InChI is InChI=1S/C10H17N3O5S/c1-10(2,7-14)12(3)19(17,18)8-4-11-13(5-8)6-9(15)16/h4-5,14H,6-7H2,1-3H3,(H,15,16). The largest absolute Gasteiger partial charge is 0.480 e. The van der Waals surface area contributed by atoms with Gasteiger partial charge in [-0.05, 0) is 13.8 Å². The molecule has 0 aliphatic rings. The molecular weight excluding hydrogens is 274 g/mol. The van der Waals surface area contributed by atoms with E-state index in [1.165, 1.54) is 7.05 Å². The van der Waals surface area contributed by atoms with Gasteiger partial charge in [0.1, 0.15) is 11.4 Å². The van der Waals surface area contributed by atoms with Crippen LogP contribution in [-0.2, 0) is 21.4 Å². The smallest absolute Gasteiger partial charge is 0.325 e. The Labute approximate surface area is 111 Å². The van der Waals surface area contributed by atoms with Crippen molar-refractivity contribution in [3.05, 3.63) is 12.4 Å². The van der Waals surface area contributed by atoms with Crippen molar-refractivity contribution in [2.45, 2.75) is 30.8 Å². The summed E-state index contributed by atoms with van der Waals surface area (Å²) in [4.78, 5) is 10.4. The van der Waals surface area contributed by atoms with E-state index in [-0.39, 0.29) is 11.5 Å². The highest BCUT2D eigenvalue weighted by molar-refractivity contribution is 7.89. The number of aromatic nitrogens is 2. The Morgan fingerprint density at radius 1 is 1.53 bits per heavy atom. The second-order valence-corrected chi connectivity index (χ2v) is 6.68. The van der Waals surface area contributed by atoms with Gasteiger partial charge in [-0.15, -0.1) is 0 Å². The van der Waals surface area contributed by atoms with E-state index >= 15 is 0 Å². The van der Waals surface area contributed by atoms with E-state index in [1.807, 2.05) is 0 Å². The molecule has 0 unspecified atom stereocenters. The van der Waals surface area contributed by atoms with Crippen molar-refractivity contribution in [1.29, 1.82) is 0 Å². The van der Waals surface area contributed by atoms with Gasteiger partial charge in [0.15, 0.2) is 0 Å². The second-order valence-electron chi connectivity index (χ2n) is 4.71. The van der Waals surface area contributed by atoms with Gasteiger partial charge in [-0.3, -0.25) is 9.48 Å². The molecule has 1 rings (SSSR count). The van der Waals surface area contributed by atoms with Gasteiger partial charge in [0.25, 0.3) is 0 Å². The zero-order valence-electron chi connectivity index (χ0n) is 10.9. The lowest BCUT2D eigenvalue weighted by Crippen LogP contribution is -2.47. The number of carbonyl (C=O) groups is 1. The predicted octanol–water partition coefficient (Wildman–Crippen LogP) is -0.641. The number of nitrogens with zero attached hydrogens (tertiary/aromatic N) is 3. The lowest BCUT2D eigenvalue weighted by atomic mass is 10.1. The van der Waals surface area contributed by atoms with Crippen molar-refractivity contribution in [2.24, 2.45) is 0 Å². The van der Waals surface area contributed by atoms with E-state index in [9.17, 15) is 18.3 Å². The molecule has 0 saturated carbocycles. The van der Waals surface area contributed by atoms with Crippen LogP contribution in [-0.4, -0.2) is 57.9 Å². The molecular formula is C10H17N3O5S. The van der Waals surface area contributed by atoms with Gasteiger partial charge in [-0.2, -0.15) is 9.40 Å². The normalized spacial score (nSPS) is 12.9. The maximum Gasteiger partial charge on any atom is 0.325 e. The average molecular weight is 291 g/mol.